The molecule has 1 N–H and O–H groups in total. The van der Waals surface area contributed by atoms with Crippen LogP contribution >= 0.6 is 0 Å². The van der Waals surface area contributed by atoms with E-state index in [1.165, 1.54) is 24.0 Å². The molecule has 2 nitrogen and oxygen atoms in total. The molecule has 1 aliphatic rings. The maximum Gasteiger partial charge on any atom is 0.162 e. The quantitative estimate of drug-likeness (QED) is 0.616. The Bertz CT molecular complexity index is 423. The maximum absolute atomic E-state index is 12.1. The van der Waals surface area contributed by atoms with Gasteiger partial charge in [-0.3, -0.25) is 4.79 Å². The lowest BCUT2D eigenvalue weighted by molar-refractivity contribution is 0.0979. The highest BCUT2D eigenvalue weighted by atomic mass is 16.1. The molecule has 1 aromatic carbocycles. The van der Waals surface area contributed by atoms with Crippen molar-refractivity contribution >= 4 is 5.78 Å². The number of rotatable bonds is 6. The first kappa shape index (κ1) is 13.3. The van der Waals surface area contributed by atoms with Crippen molar-refractivity contribution in [1.29, 1.82) is 0 Å². The molecule has 0 atom stereocenters. The van der Waals surface area contributed by atoms with E-state index in [0.29, 0.717) is 12.5 Å². The van der Waals surface area contributed by atoms with E-state index in [9.17, 15) is 4.79 Å². The molecule has 18 heavy (non-hydrogen) atoms. The van der Waals surface area contributed by atoms with Gasteiger partial charge in [-0.1, -0.05) is 26.0 Å². The molecule has 0 aliphatic heterocycles. The Labute approximate surface area is 110 Å². The van der Waals surface area contributed by atoms with Gasteiger partial charge in [-0.05, 0) is 49.4 Å². The summed E-state index contributed by atoms with van der Waals surface area (Å²) in [6.45, 7) is 5.18. The number of fused-ring (bicyclic) bond motifs is 1. The van der Waals surface area contributed by atoms with E-state index in [1.807, 2.05) is 6.07 Å². The summed E-state index contributed by atoms with van der Waals surface area (Å²) in [5, 5.41) is 3.34. The van der Waals surface area contributed by atoms with Gasteiger partial charge in [0.25, 0.3) is 0 Å². The van der Waals surface area contributed by atoms with Crippen LogP contribution in [0.5, 0.6) is 0 Å². The second-order valence-corrected chi connectivity index (χ2v) is 5.47. The highest BCUT2D eigenvalue weighted by molar-refractivity contribution is 5.96. The van der Waals surface area contributed by atoms with Crippen LogP contribution in [0.4, 0.5) is 0 Å². The minimum atomic E-state index is 0.287. The van der Waals surface area contributed by atoms with Crippen LogP contribution in [0.15, 0.2) is 18.2 Å². The fourth-order valence-corrected chi connectivity index (χ4v) is 2.53. The van der Waals surface area contributed by atoms with Crippen LogP contribution in [-0.4, -0.2) is 18.4 Å². The Hall–Kier alpha value is -1.15. The predicted octanol–water partition coefficient (Wildman–Crippen LogP) is 3.14. The first-order valence-corrected chi connectivity index (χ1v) is 7.05. The van der Waals surface area contributed by atoms with Crippen LogP contribution in [0.1, 0.15) is 54.6 Å². The summed E-state index contributed by atoms with van der Waals surface area (Å²) in [7, 11) is 0. The predicted molar refractivity (Wildman–Crippen MR) is 75.2 cm³/mol. The van der Waals surface area contributed by atoms with E-state index in [0.717, 1.165) is 24.9 Å². The molecule has 0 heterocycles. The third-order valence-corrected chi connectivity index (χ3v) is 3.55. The summed E-state index contributed by atoms with van der Waals surface area (Å²) in [5.74, 6) is 0.287. The molecule has 0 unspecified atom stereocenters. The molecule has 0 amide bonds. The van der Waals surface area contributed by atoms with Crippen molar-refractivity contribution in [3.63, 3.8) is 0 Å². The lowest BCUT2D eigenvalue weighted by Crippen LogP contribution is -2.24. The number of Topliss-reactive ketones (excluding diaryl/α,β-unsaturated/α-hetero) is 1. The van der Waals surface area contributed by atoms with E-state index in [-0.39, 0.29) is 5.78 Å². The number of hydrogen-bond acceptors (Lipinski definition) is 2. The summed E-state index contributed by atoms with van der Waals surface area (Å²) >= 11 is 0. The van der Waals surface area contributed by atoms with E-state index < -0.39 is 0 Å². The molecule has 98 valence electrons. The molecule has 0 saturated carbocycles. The standard InChI is InChI=1S/C16H23NO/c1-12(2)17-10-4-7-16(18)15-9-8-13-5-3-6-14(13)11-15/h8-9,11-12,17H,3-7,10H2,1-2H3. The van der Waals surface area contributed by atoms with Crippen LogP contribution in [0, 0.1) is 0 Å². The fraction of sp³-hybridized carbons (Fsp3) is 0.562. The van der Waals surface area contributed by atoms with Crippen molar-refractivity contribution in [2.45, 2.75) is 52.0 Å². The second-order valence-electron chi connectivity index (χ2n) is 5.47. The highest BCUT2D eigenvalue weighted by Crippen LogP contribution is 2.23. The number of nitrogens with one attached hydrogen (secondary N) is 1. The second kappa shape index (κ2) is 6.14. The van der Waals surface area contributed by atoms with Gasteiger partial charge in [-0.15, -0.1) is 0 Å². The molecule has 1 aromatic rings. The van der Waals surface area contributed by atoms with Crippen molar-refractivity contribution < 1.29 is 4.79 Å². The van der Waals surface area contributed by atoms with Crippen molar-refractivity contribution in [2.75, 3.05) is 6.54 Å². The van der Waals surface area contributed by atoms with Crippen LogP contribution in [0.2, 0.25) is 0 Å². The number of carbonyl (C=O) groups is 1. The third-order valence-electron chi connectivity index (χ3n) is 3.55. The van der Waals surface area contributed by atoms with Crippen LogP contribution in [-0.2, 0) is 12.8 Å². The van der Waals surface area contributed by atoms with Crippen molar-refractivity contribution in [2.24, 2.45) is 0 Å². The fourth-order valence-electron chi connectivity index (χ4n) is 2.53. The first-order valence-electron chi connectivity index (χ1n) is 7.05. The minimum absolute atomic E-state index is 0.287. The first-order chi connectivity index (χ1) is 8.66. The average molecular weight is 245 g/mol. The number of aryl methyl sites for hydroxylation is 2. The lowest BCUT2D eigenvalue weighted by Gasteiger charge is -2.08. The van der Waals surface area contributed by atoms with Gasteiger partial charge in [-0.25, -0.2) is 0 Å². The largest absolute Gasteiger partial charge is 0.315 e. The molecule has 0 radical (unpaired) electrons. The number of hydrogen-bond donors (Lipinski definition) is 1. The molecule has 0 aromatic heterocycles. The Morgan fingerprint density at radius 2 is 2.06 bits per heavy atom. The van der Waals surface area contributed by atoms with Gasteiger partial charge in [0, 0.05) is 18.0 Å². The highest BCUT2D eigenvalue weighted by Gasteiger charge is 2.13. The van der Waals surface area contributed by atoms with Gasteiger partial charge < -0.3 is 5.32 Å². The van der Waals surface area contributed by atoms with Gasteiger partial charge in [-0.2, -0.15) is 0 Å². The van der Waals surface area contributed by atoms with E-state index in [1.54, 1.807) is 0 Å². The lowest BCUT2D eigenvalue weighted by atomic mass is 10.0. The normalized spacial score (nSPS) is 13.9. The zero-order chi connectivity index (χ0) is 13.0. The molecule has 0 bridgehead atoms. The third kappa shape index (κ3) is 3.42. The molecule has 0 fully saturated rings. The minimum Gasteiger partial charge on any atom is -0.315 e. The zero-order valence-corrected chi connectivity index (χ0v) is 11.5. The van der Waals surface area contributed by atoms with Crippen LogP contribution in [0.25, 0.3) is 0 Å². The summed E-state index contributed by atoms with van der Waals surface area (Å²) in [5.41, 5.74) is 3.73. The molecule has 1 aliphatic carbocycles. The van der Waals surface area contributed by atoms with Crippen LogP contribution < -0.4 is 5.32 Å². The SMILES string of the molecule is CC(C)NCCCC(=O)c1ccc2c(c1)CCC2. The van der Waals surface area contributed by atoms with Gasteiger partial charge >= 0.3 is 0 Å². The molecule has 0 spiro atoms. The van der Waals surface area contributed by atoms with Crippen LogP contribution in [0.3, 0.4) is 0 Å². The maximum atomic E-state index is 12.1. The average Bonchev–Trinajstić information content (AvgIpc) is 2.81. The summed E-state index contributed by atoms with van der Waals surface area (Å²) in [6, 6.07) is 6.75. The topological polar surface area (TPSA) is 29.1 Å². The number of carbonyl (C=O) groups excluding carboxylic acids is 1. The number of ketones is 1. The van der Waals surface area contributed by atoms with Gasteiger partial charge in [0.2, 0.25) is 0 Å². The van der Waals surface area contributed by atoms with Gasteiger partial charge in [0.1, 0.15) is 0 Å². The molecular formula is C16H23NO. The van der Waals surface area contributed by atoms with Gasteiger partial charge in [0.05, 0.1) is 0 Å². The Morgan fingerprint density at radius 1 is 1.28 bits per heavy atom. The molecule has 2 heteroatoms. The van der Waals surface area contributed by atoms with E-state index in [2.05, 4.69) is 31.3 Å². The summed E-state index contributed by atoms with van der Waals surface area (Å²) in [4.78, 5) is 12.1. The summed E-state index contributed by atoms with van der Waals surface area (Å²) in [6.07, 6.45) is 5.14. The summed E-state index contributed by atoms with van der Waals surface area (Å²) < 4.78 is 0. The van der Waals surface area contributed by atoms with E-state index in [4.69, 9.17) is 0 Å². The number of benzene rings is 1. The van der Waals surface area contributed by atoms with Crippen molar-refractivity contribution in [3.8, 4) is 0 Å². The van der Waals surface area contributed by atoms with E-state index >= 15 is 0 Å². The van der Waals surface area contributed by atoms with Gasteiger partial charge in [0.15, 0.2) is 5.78 Å². The molecule has 0 saturated heterocycles. The van der Waals surface area contributed by atoms with Crippen molar-refractivity contribution in [1.82, 2.24) is 5.32 Å². The van der Waals surface area contributed by atoms with Crippen molar-refractivity contribution in [3.05, 3.63) is 34.9 Å². The Morgan fingerprint density at radius 3 is 2.83 bits per heavy atom. The zero-order valence-electron chi connectivity index (χ0n) is 11.5. The Kier molecular flexibility index (Phi) is 4.54. The Balaban J connectivity index is 1.85. The molecule has 2 rings (SSSR count). The monoisotopic (exact) mass is 245 g/mol. The molecular weight excluding hydrogens is 222 g/mol. The smallest absolute Gasteiger partial charge is 0.162 e.